The highest BCUT2D eigenvalue weighted by Crippen LogP contribution is 2.12. The normalized spacial score (nSPS) is 9.47. The Labute approximate surface area is 89.3 Å². The number of carbonyl (C=O) groups excluding carboxylic acids is 1. The fourth-order valence-corrected chi connectivity index (χ4v) is 0.994. The Bertz CT molecular complexity index is 352. The van der Waals surface area contributed by atoms with Crippen LogP contribution in [0, 0.1) is 0 Å². The number of hydrogen-bond acceptors (Lipinski definition) is 3. The molecule has 15 heavy (non-hydrogen) atoms. The van der Waals surface area contributed by atoms with E-state index in [0.29, 0.717) is 5.57 Å². The average Bonchev–Trinajstić information content (AvgIpc) is 2.26. The van der Waals surface area contributed by atoms with Gasteiger partial charge in [-0.1, -0.05) is 18.7 Å². The Kier molecular flexibility index (Phi) is 3.92. The van der Waals surface area contributed by atoms with Gasteiger partial charge in [-0.3, -0.25) is 0 Å². The maximum atomic E-state index is 11.1. The molecule has 3 nitrogen and oxygen atoms in total. The van der Waals surface area contributed by atoms with Crippen LogP contribution in [0.2, 0.25) is 0 Å². The largest absolute Gasteiger partial charge is 0.497 e. The van der Waals surface area contributed by atoms with Crippen LogP contribution < -0.4 is 4.74 Å². The quantitative estimate of drug-likeness (QED) is 0.560. The molecule has 0 N–H and O–H groups in total. The third-order valence-corrected chi connectivity index (χ3v) is 1.88. The number of benzene rings is 1. The number of hydrogen-bond donors (Lipinski definition) is 0. The highest BCUT2D eigenvalue weighted by atomic mass is 16.5. The Balaban J connectivity index is 2.51. The van der Waals surface area contributed by atoms with Gasteiger partial charge in [0.1, 0.15) is 12.4 Å². The third-order valence-electron chi connectivity index (χ3n) is 1.88. The van der Waals surface area contributed by atoms with Crippen molar-refractivity contribution >= 4 is 5.97 Å². The first-order valence-corrected chi connectivity index (χ1v) is 4.59. The first kappa shape index (κ1) is 11.3. The molecule has 0 spiro atoms. The van der Waals surface area contributed by atoms with Gasteiger partial charge in [0.05, 0.1) is 7.11 Å². The molecule has 0 unspecified atom stereocenters. The first-order chi connectivity index (χ1) is 7.13. The second-order valence-corrected chi connectivity index (χ2v) is 3.20. The van der Waals surface area contributed by atoms with Crippen LogP contribution in [0.15, 0.2) is 36.4 Å². The van der Waals surface area contributed by atoms with Crippen LogP contribution in [-0.4, -0.2) is 13.1 Å². The molecule has 0 aliphatic carbocycles. The van der Waals surface area contributed by atoms with Crippen LogP contribution in [0.3, 0.4) is 0 Å². The van der Waals surface area contributed by atoms with E-state index in [-0.39, 0.29) is 12.6 Å². The minimum absolute atomic E-state index is 0.260. The highest BCUT2D eigenvalue weighted by molar-refractivity contribution is 5.86. The SMILES string of the molecule is C=C(C)C(=O)OCc1ccc(OC)cc1. The predicted octanol–water partition coefficient (Wildman–Crippen LogP) is 2.31. The second-order valence-electron chi connectivity index (χ2n) is 3.20. The molecule has 80 valence electrons. The smallest absolute Gasteiger partial charge is 0.333 e. The first-order valence-electron chi connectivity index (χ1n) is 4.59. The molecule has 3 heteroatoms. The molecule has 0 heterocycles. The van der Waals surface area contributed by atoms with Crippen LogP contribution in [0.5, 0.6) is 5.75 Å². The lowest BCUT2D eigenvalue weighted by Gasteiger charge is -2.05. The van der Waals surface area contributed by atoms with E-state index in [4.69, 9.17) is 9.47 Å². The number of rotatable bonds is 4. The van der Waals surface area contributed by atoms with Gasteiger partial charge in [0.15, 0.2) is 0 Å². The van der Waals surface area contributed by atoms with Crippen molar-refractivity contribution in [2.45, 2.75) is 13.5 Å². The predicted molar refractivity (Wildman–Crippen MR) is 57.6 cm³/mol. The summed E-state index contributed by atoms with van der Waals surface area (Å²) in [6.45, 7) is 5.38. The molecule has 0 aromatic heterocycles. The Morgan fingerprint density at radius 3 is 2.40 bits per heavy atom. The van der Waals surface area contributed by atoms with E-state index in [9.17, 15) is 4.79 Å². The summed E-state index contributed by atoms with van der Waals surface area (Å²) in [6, 6.07) is 7.35. The molecule has 1 rings (SSSR count). The van der Waals surface area contributed by atoms with E-state index in [1.807, 2.05) is 24.3 Å². The molecule has 0 saturated carbocycles. The number of carbonyl (C=O) groups is 1. The Morgan fingerprint density at radius 1 is 1.33 bits per heavy atom. The summed E-state index contributed by atoms with van der Waals surface area (Å²) in [5, 5.41) is 0. The summed E-state index contributed by atoms with van der Waals surface area (Å²) in [7, 11) is 1.61. The van der Waals surface area contributed by atoms with Crippen LogP contribution in [0.4, 0.5) is 0 Å². The minimum atomic E-state index is -0.370. The maximum absolute atomic E-state index is 11.1. The molecule has 0 amide bonds. The zero-order valence-corrected chi connectivity index (χ0v) is 8.95. The van der Waals surface area contributed by atoms with Crippen molar-refractivity contribution in [3.63, 3.8) is 0 Å². The van der Waals surface area contributed by atoms with Crippen molar-refractivity contribution in [1.29, 1.82) is 0 Å². The monoisotopic (exact) mass is 206 g/mol. The van der Waals surface area contributed by atoms with Gasteiger partial charge in [0, 0.05) is 5.57 Å². The third kappa shape index (κ3) is 3.46. The van der Waals surface area contributed by atoms with Crippen molar-refractivity contribution in [3.8, 4) is 5.75 Å². The van der Waals surface area contributed by atoms with E-state index in [1.165, 1.54) is 0 Å². The molecule has 1 aromatic carbocycles. The number of esters is 1. The summed E-state index contributed by atoms with van der Waals surface area (Å²) >= 11 is 0. The summed E-state index contributed by atoms with van der Waals surface area (Å²) in [6.07, 6.45) is 0. The summed E-state index contributed by atoms with van der Waals surface area (Å²) in [5.41, 5.74) is 1.33. The lowest BCUT2D eigenvalue weighted by atomic mass is 10.2. The van der Waals surface area contributed by atoms with Gasteiger partial charge in [-0.25, -0.2) is 4.79 Å². The number of methoxy groups -OCH3 is 1. The standard InChI is InChI=1S/C12H14O3/c1-9(2)12(13)15-8-10-4-6-11(14-3)7-5-10/h4-7H,1,8H2,2-3H3. The van der Waals surface area contributed by atoms with Gasteiger partial charge in [0.2, 0.25) is 0 Å². The lowest BCUT2D eigenvalue weighted by molar-refractivity contribution is -0.140. The molecule has 0 saturated heterocycles. The average molecular weight is 206 g/mol. The van der Waals surface area contributed by atoms with Crippen LogP contribution in [-0.2, 0) is 16.1 Å². The zero-order chi connectivity index (χ0) is 11.3. The maximum Gasteiger partial charge on any atom is 0.333 e. The van der Waals surface area contributed by atoms with Gasteiger partial charge < -0.3 is 9.47 Å². The summed E-state index contributed by atoms with van der Waals surface area (Å²) in [4.78, 5) is 11.1. The fourth-order valence-electron chi connectivity index (χ4n) is 0.994. The molecule has 0 atom stereocenters. The van der Waals surface area contributed by atoms with Crippen molar-refractivity contribution in [2.24, 2.45) is 0 Å². The van der Waals surface area contributed by atoms with Crippen LogP contribution in [0.1, 0.15) is 12.5 Å². The van der Waals surface area contributed by atoms with Crippen molar-refractivity contribution in [2.75, 3.05) is 7.11 Å². The molecule has 0 bridgehead atoms. The van der Waals surface area contributed by atoms with Crippen LogP contribution >= 0.6 is 0 Å². The van der Waals surface area contributed by atoms with Gasteiger partial charge in [-0.15, -0.1) is 0 Å². The van der Waals surface area contributed by atoms with Gasteiger partial charge in [-0.2, -0.15) is 0 Å². The molecule has 0 radical (unpaired) electrons. The van der Waals surface area contributed by atoms with Crippen molar-refractivity contribution in [3.05, 3.63) is 42.0 Å². The molecule has 0 aliphatic rings. The Hall–Kier alpha value is -1.77. The van der Waals surface area contributed by atoms with Crippen molar-refractivity contribution in [1.82, 2.24) is 0 Å². The van der Waals surface area contributed by atoms with Gasteiger partial charge >= 0.3 is 5.97 Å². The molecule has 0 aliphatic heterocycles. The van der Waals surface area contributed by atoms with Gasteiger partial charge in [0.25, 0.3) is 0 Å². The van der Waals surface area contributed by atoms with E-state index < -0.39 is 0 Å². The number of ether oxygens (including phenoxy) is 2. The Morgan fingerprint density at radius 2 is 1.93 bits per heavy atom. The molecular weight excluding hydrogens is 192 g/mol. The molecule has 0 fully saturated rings. The van der Waals surface area contributed by atoms with E-state index in [1.54, 1.807) is 14.0 Å². The fraction of sp³-hybridized carbons (Fsp3) is 0.250. The lowest BCUT2D eigenvalue weighted by Crippen LogP contribution is -2.04. The van der Waals surface area contributed by atoms with Crippen LogP contribution in [0.25, 0.3) is 0 Å². The summed E-state index contributed by atoms with van der Waals surface area (Å²) < 4.78 is 9.99. The van der Waals surface area contributed by atoms with E-state index >= 15 is 0 Å². The topological polar surface area (TPSA) is 35.5 Å². The molecule has 1 aromatic rings. The molecular formula is C12H14O3. The van der Waals surface area contributed by atoms with E-state index in [2.05, 4.69) is 6.58 Å². The zero-order valence-electron chi connectivity index (χ0n) is 8.95. The van der Waals surface area contributed by atoms with Gasteiger partial charge in [-0.05, 0) is 24.6 Å². The second kappa shape index (κ2) is 5.20. The minimum Gasteiger partial charge on any atom is -0.497 e. The summed E-state index contributed by atoms with van der Waals surface area (Å²) in [5.74, 6) is 0.413. The van der Waals surface area contributed by atoms with E-state index in [0.717, 1.165) is 11.3 Å². The van der Waals surface area contributed by atoms with Crippen molar-refractivity contribution < 1.29 is 14.3 Å². The highest BCUT2D eigenvalue weighted by Gasteiger charge is 2.03.